The summed E-state index contributed by atoms with van der Waals surface area (Å²) in [4.78, 5) is 66.3. The molecule has 10 heteroatoms. The molecule has 1 saturated carbocycles. The molecule has 0 bridgehead atoms. The summed E-state index contributed by atoms with van der Waals surface area (Å²) in [6.07, 6.45) is 1.39. The number of nitrogens with two attached hydrogens (primary N) is 1. The summed E-state index contributed by atoms with van der Waals surface area (Å²) in [6, 6.07) is 5.21. The van der Waals surface area contributed by atoms with Gasteiger partial charge in [-0.2, -0.15) is 0 Å². The highest BCUT2D eigenvalue weighted by molar-refractivity contribution is 6.37. The lowest BCUT2D eigenvalue weighted by molar-refractivity contribution is -0.144. The van der Waals surface area contributed by atoms with Crippen LogP contribution in [-0.4, -0.2) is 65.8 Å². The number of carbonyl (C=O) groups excluding carboxylic acids is 5. The third-order valence-corrected chi connectivity index (χ3v) is 8.85. The van der Waals surface area contributed by atoms with Gasteiger partial charge in [0.2, 0.25) is 17.6 Å². The summed E-state index contributed by atoms with van der Waals surface area (Å²) in [5.41, 5.74) is 7.34. The van der Waals surface area contributed by atoms with Crippen LogP contribution in [0.2, 0.25) is 0 Å². The van der Waals surface area contributed by atoms with E-state index >= 15 is 0 Å². The van der Waals surface area contributed by atoms with E-state index in [0.29, 0.717) is 25.8 Å². The Morgan fingerprint density at radius 1 is 1.07 bits per heavy atom. The van der Waals surface area contributed by atoms with Crippen LogP contribution in [0.15, 0.2) is 24.3 Å². The van der Waals surface area contributed by atoms with Gasteiger partial charge in [0.1, 0.15) is 12.1 Å². The number of nitrogens with zero attached hydrogens (tertiary/aromatic N) is 1. The molecule has 2 fully saturated rings. The topological polar surface area (TPSA) is 148 Å². The molecule has 4 N–H and O–H groups in total. The van der Waals surface area contributed by atoms with Gasteiger partial charge in [-0.3, -0.25) is 19.2 Å². The number of primary amides is 1. The summed E-state index contributed by atoms with van der Waals surface area (Å²) in [6.45, 7) is 10.4. The number of alkyl carbamates (subject to hydrolysis) is 1. The lowest BCUT2D eigenvalue weighted by Crippen LogP contribution is -2.59. The second-order valence-electron chi connectivity index (χ2n) is 12.5. The Morgan fingerprint density at radius 2 is 1.70 bits per heavy atom. The Hall–Kier alpha value is -3.43. The van der Waals surface area contributed by atoms with E-state index in [9.17, 15) is 24.0 Å². The molecule has 0 aromatic heterocycles. The highest BCUT2D eigenvalue weighted by atomic mass is 16.5. The zero-order valence-corrected chi connectivity index (χ0v) is 24.1. The standard InChI is InChI=1S/C30H42N4O6/c1-6-9-21(25(35)26(31)36)32-27(37)24-22-20(30(22,4)5)14-34(24)28(38)23(33-29(39)40-15-16(2)3)19-12-17-10-7-8-11-18(17)13-19/h7-8,10-11,16,19-24H,6,9,12-15H2,1-5H3,(H2,31,36)(H,32,37)(H,33,39)/t20-,21?,22-,23-,24-/m0/s1. The van der Waals surface area contributed by atoms with Crippen molar-refractivity contribution >= 4 is 29.6 Å². The minimum atomic E-state index is -1.10. The van der Waals surface area contributed by atoms with Gasteiger partial charge in [0.15, 0.2) is 0 Å². The Morgan fingerprint density at radius 3 is 2.25 bits per heavy atom. The number of amides is 4. The van der Waals surface area contributed by atoms with Crippen LogP contribution >= 0.6 is 0 Å². The third kappa shape index (κ3) is 5.86. The molecule has 218 valence electrons. The summed E-state index contributed by atoms with van der Waals surface area (Å²) in [5, 5.41) is 5.55. The third-order valence-electron chi connectivity index (χ3n) is 8.85. The molecular weight excluding hydrogens is 512 g/mol. The Labute approximate surface area is 235 Å². The summed E-state index contributed by atoms with van der Waals surface area (Å²) in [5.74, 6) is -2.83. The van der Waals surface area contributed by atoms with Crippen molar-refractivity contribution in [3.63, 3.8) is 0 Å². The lowest BCUT2D eigenvalue weighted by Gasteiger charge is -2.35. The van der Waals surface area contributed by atoms with Crippen LogP contribution < -0.4 is 16.4 Å². The van der Waals surface area contributed by atoms with Gasteiger partial charge in [-0.05, 0) is 59.5 Å². The number of rotatable bonds is 11. The molecule has 0 spiro atoms. The van der Waals surface area contributed by atoms with E-state index in [1.54, 1.807) is 4.90 Å². The van der Waals surface area contributed by atoms with Crippen molar-refractivity contribution in [2.24, 2.45) is 34.8 Å². The van der Waals surface area contributed by atoms with Crippen LogP contribution in [0.1, 0.15) is 58.6 Å². The molecule has 1 aromatic carbocycles. The number of likely N-dealkylation sites (tertiary alicyclic amines) is 1. The fourth-order valence-electron chi connectivity index (χ4n) is 6.60. The van der Waals surface area contributed by atoms with Gasteiger partial charge in [-0.15, -0.1) is 0 Å². The molecule has 3 aliphatic rings. The van der Waals surface area contributed by atoms with Crippen molar-refractivity contribution in [2.75, 3.05) is 13.2 Å². The molecular formula is C30H42N4O6. The second-order valence-corrected chi connectivity index (χ2v) is 12.5. The summed E-state index contributed by atoms with van der Waals surface area (Å²) in [7, 11) is 0. The van der Waals surface area contributed by atoms with Gasteiger partial charge < -0.3 is 26.0 Å². The van der Waals surface area contributed by atoms with Gasteiger partial charge >= 0.3 is 6.09 Å². The lowest BCUT2D eigenvalue weighted by atomic mass is 9.93. The Kier molecular flexibility index (Phi) is 8.56. The second kappa shape index (κ2) is 11.6. The van der Waals surface area contributed by atoms with Crippen molar-refractivity contribution in [1.29, 1.82) is 0 Å². The van der Waals surface area contributed by atoms with E-state index in [4.69, 9.17) is 10.5 Å². The molecule has 0 radical (unpaired) electrons. The minimum absolute atomic E-state index is 0.100. The summed E-state index contributed by atoms with van der Waals surface area (Å²) < 4.78 is 5.37. The average molecular weight is 555 g/mol. The van der Waals surface area contributed by atoms with Crippen molar-refractivity contribution in [3.8, 4) is 0 Å². The average Bonchev–Trinajstić information content (AvgIpc) is 3.28. The number of hydrogen-bond donors (Lipinski definition) is 3. The van der Waals surface area contributed by atoms with Crippen molar-refractivity contribution in [3.05, 3.63) is 35.4 Å². The molecule has 4 rings (SSSR count). The number of piperidine rings is 1. The van der Waals surface area contributed by atoms with E-state index in [1.807, 2.05) is 45.0 Å². The predicted octanol–water partition coefficient (Wildman–Crippen LogP) is 1.97. The number of fused-ring (bicyclic) bond motifs is 2. The van der Waals surface area contributed by atoms with E-state index < -0.39 is 41.8 Å². The first-order valence-electron chi connectivity index (χ1n) is 14.3. The van der Waals surface area contributed by atoms with Crippen LogP contribution in [0.3, 0.4) is 0 Å². The van der Waals surface area contributed by atoms with Crippen molar-refractivity contribution in [1.82, 2.24) is 15.5 Å². The van der Waals surface area contributed by atoms with Gasteiger partial charge in [-0.25, -0.2) is 4.79 Å². The maximum atomic E-state index is 14.2. The quantitative estimate of drug-likeness (QED) is 0.356. The Bertz CT molecular complexity index is 1160. The monoisotopic (exact) mass is 554 g/mol. The maximum Gasteiger partial charge on any atom is 0.407 e. The molecule has 1 aliphatic heterocycles. The highest BCUT2D eigenvalue weighted by Gasteiger charge is 2.69. The molecule has 1 unspecified atom stereocenters. The zero-order chi connectivity index (χ0) is 29.4. The fraction of sp³-hybridized carbons (Fsp3) is 0.633. The first kappa shape index (κ1) is 29.6. The molecule has 5 atom stereocenters. The number of hydrogen-bond acceptors (Lipinski definition) is 6. The van der Waals surface area contributed by atoms with E-state index in [2.05, 4.69) is 24.5 Å². The molecule has 2 aliphatic carbocycles. The first-order valence-corrected chi connectivity index (χ1v) is 14.3. The molecule has 4 amide bonds. The van der Waals surface area contributed by atoms with E-state index in [-0.39, 0.29) is 48.0 Å². The van der Waals surface area contributed by atoms with Crippen molar-refractivity contribution < 1.29 is 28.7 Å². The molecule has 40 heavy (non-hydrogen) atoms. The number of carbonyl (C=O) groups is 5. The van der Waals surface area contributed by atoms with Gasteiger partial charge in [0, 0.05) is 6.54 Å². The maximum absolute atomic E-state index is 14.2. The Balaban J connectivity index is 1.58. The van der Waals surface area contributed by atoms with Crippen LogP contribution in [0.5, 0.6) is 0 Å². The largest absolute Gasteiger partial charge is 0.449 e. The zero-order valence-electron chi connectivity index (χ0n) is 24.1. The molecule has 1 saturated heterocycles. The van der Waals surface area contributed by atoms with Crippen LogP contribution in [-0.2, 0) is 36.8 Å². The number of benzene rings is 1. The van der Waals surface area contributed by atoms with Crippen LogP contribution in [0.4, 0.5) is 4.79 Å². The van der Waals surface area contributed by atoms with Gasteiger partial charge in [0.05, 0.1) is 12.6 Å². The van der Waals surface area contributed by atoms with E-state index in [1.165, 1.54) is 0 Å². The molecule has 1 heterocycles. The number of ether oxygens (including phenoxy) is 1. The van der Waals surface area contributed by atoms with Crippen LogP contribution in [0.25, 0.3) is 0 Å². The molecule has 10 nitrogen and oxygen atoms in total. The van der Waals surface area contributed by atoms with E-state index in [0.717, 1.165) is 11.1 Å². The van der Waals surface area contributed by atoms with Gasteiger partial charge in [0.25, 0.3) is 5.91 Å². The summed E-state index contributed by atoms with van der Waals surface area (Å²) >= 11 is 0. The SMILES string of the molecule is CCCC(NC(=O)[C@@H]1[C@@H]2[C@H](CN1C(=O)[C@@H](NC(=O)OCC(C)C)C1Cc3ccccc3C1)C2(C)C)C(=O)C(N)=O. The number of ketones is 1. The highest BCUT2D eigenvalue weighted by Crippen LogP contribution is 2.65. The smallest absolute Gasteiger partial charge is 0.407 e. The predicted molar refractivity (Wildman–Crippen MR) is 148 cm³/mol. The van der Waals surface area contributed by atoms with Crippen molar-refractivity contribution in [2.45, 2.75) is 78.4 Å². The van der Waals surface area contributed by atoms with Crippen LogP contribution in [0, 0.1) is 29.1 Å². The normalized spacial score (nSPS) is 24.1. The molecule has 1 aromatic rings. The first-order chi connectivity index (χ1) is 18.9. The van der Waals surface area contributed by atoms with Gasteiger partial charge in [-0.1, -0.05) is 65.3 Å². The minimum Gasteiger partial charge on any atom is -0.449 e. The number of Topliss-reactive ketones (excluding diaryl/α,β-unsaturated/α-hetero) is 1. The number of nitrogens with one attached hydrogen (secondary N) is 2. The fourth-order valence-corrected chi connectivity index (χ4v) is 6.60.